The van der Waals surface area contributed by atoms with E-state index in [1.807, 2.05) is 0 Å². The molecule has 11 heteroatoms. The topological polar surface area (TPSA) is 155 Å². The van der Waals surface area contributed by atoms with E-state index in [0.29, 0.717) is 6.61 Å². The van der Waals surface area contributed by atoms with E-state index in [9.17, 15) is 19.0 Å². The number of phosphoric acid groups is 1. The van der Waals surface area contributed by atoms with Crippen LogP contribution in [0.5, 0.6) is 0 Å². The molecule has 0 aliphatic carbocycles. The quantitative estimate of drug-likeness (QED) is 0.0453. The van der Waals surface area contributed by atoms with Gasteiger partial charge in [-0.25, -0.2) is 4.57 Å². The zero-order chi connectivity index (χ0) is 29.9. The average Bonchev–Trinajstić information content (AvgIpc) is 2.92. The van der Waals surface area contributed by atoms with Crippen molar-refractivity contribution in [3.63, 3.8) is 0 Å². The van der Waals surface area contributed by atoms with Crippen LogP contribution in [0.25, 0.3) is 0 Å². The van der Waals surface area contributed by atoms with Crippen LogP contribution in [0, 0.1) is 0 Å². The molecule has 0 saturated carbocycles. The highest BCUT2D eigenvalue weighted by molar-refractivity contribution is 7.47. The molecule has 0 aromatic heterocycles. The molecule has 0 heterocycles. The van der Waals surface area contributed by atoms with Gasteiger partial charge >= 0.3 is 19.8 Å². The molecule has 0 aromatic carbocycles. The number of carbonyl (C=O) groups is 2. The second-order valence-electron chi connectivity index (χ2n) is 10.6. The Morgan fingerprint density at radius 3 is 1.65 bits per heavy atom. The minimum absolute atomic E-state index is 0.0227. The second-order valence-corrected chi connectivity index (χ2v) is 12.1. The highest BCUT2D eigenvalue weighted by Gasteiger charge is 2.27. The second kappa shape index (κ2) is 26.8. The minimum atomic E-state index is -4.59. The first kappa shape index (κ1) is 39.0. The van der Waals surface area contributed by atoms with E-state index in [4.69, 9.17) is 24.8 Å². The number of aliphatic carboxylic acids is 1. The van der Waals surface area contributed by atoms with Crippen LogP contribution < -0.4 is 5.73 Å². The minimum Gasteiger partial charge on any atom is -0.480 e. The number of nitrogens with two attached hydrogens (primary N) is 1. The lowest BCUT2D eigenvalue weighted by Gasteiger charge is -2.20. The molecular weight excluding hydrogens is 537 g/mol. The van der Waals surface area contributed by atoms with Crippen LogP contribution in [0.15, 0.2) is 0 Å². The lowest BCUT2D eigenvalue weighted by atomic mass is 10.1. The van der Waals surface area contributed by atoms with Gasteiger partial charge in [-0.1, -0.05) is 117 Å². The molecule has 4 N–H and O–H groups in total. The fraction of sp³-hybridized carbons (Fsp3) is 0.931. The number of carboxylic acid groups (broad SMARTS) is 1. The third kappa shape index (κ3) is 25.9. The Morgan fingerprint density at radius 2 is 1.15 bits per heavy atom. The molecule has 238 valence electrons. The summed E-state index contributed by atoms with van der Waals surface area (Å²) in [4.78, 5) is 33.1. The van der Waals surface area contributed by atoms with Crippen LogP contribution in [0.4, 0.5) is 0 Å². The van der Waals surface area contributed by atoms with Gasteiger partial charge in [-0.15, -0.1) is 0 Å². The number of esters is 1. The van der Waals surface area contributed by atoms with Gasteiger partial charge in [-0.05, 0) is 12.8 Å². The number of carbonyl (C=O) groups excluding carboxylic acids is 1. The molecule has 10 nitrogen and oxygen atoms in total. The summed E-state index contributed by atoms with van der Waals surface area (Å²) in [6, 6.07) is -1.46. The Kier molecular flexibility index (Phi) is 26.2. The van der Waals surface area contributed by atoms with Crippen molar-refractivity contribution in [1.82, 2.24) is 0 Å². The molecule has 0 amide bonds. The predicted molar refractivity (Wildman–Crippen MR) is 157 cm³/mol. The number of phosphoric ester groups is 1. The van der Waals surface area contributed by atoms with Gasteiger partial charge in [-0.2, -0.15) is 0 Å². The van der Waals surface area contributed by atoms with Crippen molar-refractivity contribution in [3.05, 3.63) is 0 Å². The van der Waals surface area contributed by atoms with E-state index in [2.05, 4.69) is 18.4 Å². The monoisotopic (exact) mass is 595 g/mol. The number of rotatable bonds is 30. The van der Waals surface area contributed by atoms with Gasteiger partial charge < -0.3 is 25.2 Å². The number of hydrogen-bond donors (Lipinski definition) is 3. The van der Waals surface area contributed by atoms with Gasteiger partial charge in [0.15, 0.2) is 0 Å². The molecule has 0 bridgehead atoms. The zero-order valence-electron chi connectivity index (χ0n) is 25.2. The average molecular weight is 596 g/mol. The third-order valence-corrected chi connectivity index (χ3v) is 7.59. The maximum atomic E-state index is 12.4. The van der Waals surface area contributed by atoms with Crippen LogP contribution in [0.2, 0.25) is 0 Å². The number of unbranched alkanes of at least 4 members (excludes halogenated alkanes) is 16. The van der Waals surface area contributed by atoms with E-state index in [1.165, 1.54) is 77.0 Å². The normalized spacial score (nSPS) is 14.5. The van der Waals surface area contributed by atoms with E-state index >= 15 is 0 Å². The molecule has 0 aliphatic heterocycles. The summed E-state index contributed by atoms with van der Waals surface area (Å²) >= 11 is 0. The molecule has 0 spiro atoms. The molecule has 0 fully saturated rings. The summed E-state index contributed by atoms with van der Waals surface area (Å²) in [5.41, 5.74) is 5.30. The van der Waals surface area contributed by atoms with Crippen LogP contribution in [-0.2, 0) is 32.7 Å². The predicted octanol–water partition coefficient (Wildman–Crippen LogP) is 6.91. The van der Waals surface area contributed by atoms with Crippen molar-refractivity contribution in [2.24, 2.45) is 5.73 Å². The summed E-state index contributed by atoms with van der Waals surface area (Å²) in [7, 11) is -4.59. The maximum Gasteiger partial charge on any atom is 0.472 e. The smallest absolute Gasteiger partial charge is 0.472 e. The van der Waals surface area contributed by atoms with Crippen molar-refractivity contribution in [1.29, 1.82) is 0 Å². The number of carboxylic acids is 1. The summed E-state index contributed by atoms with van der Waals surface area (Å²) in [5, 5.41) is 8.80. The van der Waals surface area contributed by atoms with E-state index < -0.39 is 45.1 Å². The number of hydrogen-bond acceptors (Lipinski definition) is 8. The Hall–Kier alpha value is -1.03. The van der Waals surface area contributed by atoms with Crippen molar-refractivity contribution in [2.75, 3.05) is 26.4 Å². The molecule has 0 aliphatic rings. The Bertz CT molecular complexity index is 665. The Morgan fingerprint density at radius 1 is 0.700 bits per heavy atom. The van der Waals surface area contributed by atoms with Crippen molar-refractivity contribution in [3.8, 4) is 0 Å². The van der Waals surface area contributed by atoms with Gasteiger partial charge in [0.25, 0.3) is 0 Å². The summed E-state index contributed by atoms with van der Waals surface area (Å²) in [6.07, 6.45) is 20.3. The molecule has 0 saturated heterocycles. The first-order valence-electron chi connectivity index (χ1n) is 15.6. The highest BCUT2D eigenvalue weighted by Crippen LogP contribution is 2.43. The van der Waals surface area contributed by atoms with Gasteiger partial charge in [0, 0.05) is 13.0 Å². The molecule has 0 radical (unpaired) electrons. The summed E-state index contributed by atoms with van der Waals surface area (Å²) in [5.74, 6) is -1.78. The van der Waals surface area contributed by atoms with Crippen LogP contribution in [0.1, 0.15) is 136 Å². The standard InChI is InChI=1S/C29H58NO9P/c1-3-5-7-9-11-13-14-15-17-19-21-28(31)39-26(23-36-22-20-18-16-12-10-8-6-4-2)24-37-40(34,35)38-25-27(30)29(32)33/h26-27H,3-25,30H2,1-2H3,(H,32,33)(H,34,35). The lowest BCUT2D eigenvalue weighted by molar-refractivity contribution is -0.154. The molecule has 3 unspecified atom stereocenters. The van der Waals surface area contributed by atoms with Crippen LogP contribution in [-0.4, -0.2) is 60.5 Å². The van der Waals surface area contributed by atoms with Gasteiger partial charge in [-0.3, -0.25) is 18.6 Å². The maximum absolute atomic E-state index is 12.4. The van der Waals surface area contributed by atoms with Crippen molar-refractivity contribution < 1.29 is 42.7 Å². The zero-order valence-corrected chi connectivity index (χ0v) is 26.1. The third-order valence-electron chi connectivity index (χ3n) is 6.64. The van der Waals surface area contributed by atoms with E-state index in [0.717, 1.165) is 38.5 Å². The Balaban J connectivity index is 4.39. The van der Waals surface area contributed by atoms with Crippen LogP contribution in [0.3, 0.4) is 0 Å². The van der Waals surface area contributed by atoms with Gasteiger partial charge in [0.05, 0.1) is 19.8 Å². The summed E-state index contributed by atoms with van der Waals surface area (Å²) in [6.45, 7) is 3.81. The van der Waals surface area contributed by atoms with Gasteiger partial charge in [0.2, 0.25) is 0 Å². The summed E-state index contributed by atoms with van der Waals surface area (Å²) < 4.78 is 32.9. The highest BCUT2D eigenvalue weighted by atomic mass is 31.2. The van der Waals surface area contributed by atoms with Crippen molar-refractivity contribution in [2.45, 2.75) is 148 Å². The van der Waals surface area contributed by atoms with Crippen LogP contribution >= 0.6 is 7.82 Å². The SMILES string of the molecule is CCCCCCCCCCCCC(=O)OC(COCCCCCCCCCC)COP(=O)(O)OCC(N)C(=O)O. The molecule has 3 atom stereocenters. The largest absolute Gasteiger partial charge is 0.480 e. The van der Waals surface area contributed by atoms with Gasteiger partial charge in [0.1, 0.15) is 12.1 Å². The lowest BCUT2D eigenvalue weighted by Crippen LogP contribution is -2.34. The molecule has 0 aromatic rings. The Labute approximate surface area is 242 Å². The van der Waals surface area contributed by atoms with E-state index in [1.54, 1.807) is 0 Å². The molecule has 0 rings (SSSR count). The van der Waals surface area contributed by atoms with E-state index in [-0.39, 0.29) is 13.0 Å². The first-order chi connectivity index (χ1) is 19.2. The fourth-order valence-corrected chi connectivity index (χ4v) is 4.91. The van der Waals surface area contributed by atoms with Crippen molar-refractivity contribution >= 4 is 19.8 Å². The molecule has 40 heavy (non-hydrogen) atoms. The fourth-order valence-electron chi connectivity index (χ4n) is 4.13. The number of ether oxygens (including phenoxy) is 2. The first-order valence-corrected chi connectivity index (χ1v) is 17.1. The molecular formula is C29H58NO9P.